The molecule has 3 heteroatoms. The number of rotatable bonds is 1. The van der Waals surface area contributed by atoms with E-state index in [1.807, 2.05) is 25.1 Å². The Morgan fingerprint density at radius 2 is 2.00 bits per heavy atom. The number of ketones is 1. The number of fused-ring (bicyclic) bond motifs is 1. The van der Waals surface area contributed by atoms with Gasteiger partial charge in [0.25, 0.3) is 0 Å². The van der Waals surface area contributed by atoms with Crippen LogP contribution in [-0.4, -0.2) is 10.8 Å². The number of nitrogens with zero attached hydrogens (tertiary/aromatic N) is 1. The molecule has 1 aliphatic carbocycles. The molecule has 2 nitrogen and oxygen atoms in total. The van der Waals surface area contributed by atoms with Crippen LogP contribution in [-0.2, 0) is 6.42 Å². The summed E-state index contributed by atoms with van der Waals surface area (Å²) in [6, 6.07) is 6.05. The van der Waals surface area contributed by atoms with Crippen molar-refractivity contribution in [3.8, 4) is 0 Å². The number of carbonyl (C=O) groups excluding carboxylic acids is 1. The third-order valence-electron chi connectivity index (χ3n) is 3.77. The Hall–Kier alpha value is -1.74. The lowest BCUT2D eigenvalue weighted by molar-refractivity contribution is 0.104. The minimum atomic E-state index is 0.145. The van der Waals surface area contributed by atoms with Crippen LogP contribution in [0.5, 0.6) is 0 Å². The van der Waals surface area contributed by atoms with Crippen LogP contribution in [0.3, 0.4) is 0 Å². The molecule has 0 saturated carbocycles. The standard InChI is InChI=1S/C17H14BrNO/c1-10-5-13-8-14(17(20)15(13)6-11(10)2)7-12-3-4-19-9-16(12)18/h3-7,9H,8H2,1-2H3. The number of aryl methyl sites for hydroxylation is 2. The molecule has 2 aromatic rings. The normalized spacial score (nSPS) is 15.8. The Morgan fingerprint density at radius 3 is 2.75 bits per heavy atom. The van der Waals surface area contributed by atoms with E-state index in [4.69, 9.17) is 0 Å². The molecule has 0 amide bonds. The summed E-state index contributed by atoms with van der Waals surface area (Å²) in [5.41, 5.74) is 6.23. The first-order chi connectivity index (χ1) is 9.56. The third kappa shape index (κ3) is 2.22. The molecule has 0 fully saturated rings. The highest BCUT2D eigenvalue weighted by Crippen LogP contribution is 2.31. The van der Waals surface area contributed by atoms with Gasteiger partial charge in [0.1, 0.15) is 0 Å². The van der Waals surface area contributed by atoms with Gasteiger partial charge in [0, 0.05) is 34.4 Å². The monoisotopic (exact) mass is 327 g/mol. The van der Waals surface area contributed by atoms with Crippen molar-refractivity contribution in [1.29, 1.82) is 0 Å². The number of hydrogen-bond donors (Lipinski definition) is 0. The zero-order valence-corrected chi connectivity index (χ0v) is 13.0. The van der Waals surface area contributed by atoms with E-state index in [1.165, 1.54) is 11.1 Å². The Kier molecular flexibility index (Phi) is 3.30. The maximum atomic E-state index is 12.5. The minimum Gasteiger partial charge on any atom is -0.289 e. The highest BCUT2D eigenvalue weighted by molar-refractivity contribution is 9.10. The van der Waals surface area contributed by atoms with E-state index in [-0.39, 0.29) is 5.78 Å². The second-order valence-electron chi connectivity index (χ2n) is 5.17. The van der Waals surface area contributed by atoms with Crippen molar-refractivity contribution in [1.82, 2.24) is 4.98 Å². The van der Waals surface area contributed by atoms with Gasteiger partial charge in [-0.1, -0.05) is 6.07 Å². The van der Waals surface area contributed by atoms with Crippen LogP contribution in [0, 0.1) is 13.8 Å². The second kappa shape index (κ2) is 4.98. The first kappa shape index (κ1) is 13.3. The molecule has 1 aromatic carbocycles. The van der Waals surface area contributed by atoms with Crippen molar-refractivity contribution >= 4 is 27.8 Å². The Morgan fingerprint density at radius 1 is 1.25 bits per heavy atom. The second-order valence-corrected chi connectivity index (χ2v) is 6.02. The van der Waals surface area contributed by atoms with Gasteiger partial charge in [0.05, 0.1) is 0 Å². The van der Waals surface area contributed by atoms with E-state index in [1.54, 1.807) is 12.4 Å². The zero-order chi connectivity index (χ0) is 14.3. The fourth-order valence-electron chi connectivity index (χ4n) is 2.50. The van der Waals surface area contributed by atoms with Crippen LogP contribution in [0.25, 0.3) is 6.08 Å². The number of allylic oxidation sites excluding steroid dienone is 1. The summed E-state index contributed by atoms with van der Waals surface area (Å²) in [6.45, 7) is 4.13. The molecule has 0 bridgehead atoms. The molecule has 0 atom stereocenters. The molecule has 1 aromatic heterocycles. The Balaban J connectivity index is 2.04. The third-order valence-corrected chi connectivity index (χ3v) is 4.43. The SMILES string of the molecule is Cc1cc2c(cc1C)C(=O)C(=Cc1ccncc1Br)C2. The molecule has 1 heterocycles. The summed E-state index contributed by atoms with van der Waals surface area (Å²) in [7, 11) is 0. The van der Waals surface area contributed by atoms with E-state index < -0.39 is 0 Å². The largest absolute Gasteiger partial charge is 0.289 e. The van der Waals surface area contributed by atoms with Crippen LogP contribution in [0.2, 0.25) is 0 Å². The van der Waals surface area contributed by atoms with E-state index in [9.17, 15) is 4.79 Å². The lowest BCUT2D eigenvalue weighted by atomic mass is 10.0. The van der Waals surface area contributed by atoms with Crippen molar-refractivity contribution in [2.75, 3.05) is 0 Å². The van der Waals surface area contributed by atoms with Gasteiger partial charge in [0.15, 0.2) is 5.78 Å². The maximum Gasteiger partial charge on any atom is 0.189 e. The number of halogens is 1. The molecule has 0 aliphatic heterocycles. The van der Waals surface area contributed by atoms with E-state index in [0.29, 0.717) is 6.42 Å². The molecule has 0 saturated heterocycles. The van der Waals surface area contributed by atoms with E-state index in [0.717, 1.165) is 26.7 Å². The van der Waals surface area contributed by atoms with Gasteiger partial charge in [0.2, 0.25) is 0 Å². The van der Waals surface area contributed by atoms with Crippen LogP contribution in [0.1, 0.15) is 32.6 Å². The van der Waals surface area contributed by atoms with Gasteiger partial charge in [-0.25, -0.2) is 0 Å². The molecule has 0 spiro atoms. The molecular weight excluding hydrogens is 314 g/mol. The molecule has 20 heavy (non-hydrogen) atoms. The number of pyridine rings is 1. The maximum absolute atomic E-state index is 12.5. The molecular formula is C17H14BrNO. The summed E-state index contributed by atoms with van der Waals surface area (Å²) in [5, 5.41) is 0. The number of benzene rings is 1. The van der Waals surface area contributed by atoms with Crippen molar-refractivity contribution in [3.63, 3.8) is 0 Å². The van der Waals surface area contributed by atoms with Crippen LogP contribution in [0.15, 0.2) is 40.6 Å². The predicted octanol–water partition coefficient (Wildman–Crippen LogP) is 4.28. The molecule has 3 rings (SSSR count). The summed E-state index contributed by atoms with van der Waals surface area (Å²) in [4.78, 5) is 16.5. The van der Waals surface area contributed by atoms with Gasteiger partial charge in [-0.05, 0) is 70.2 Å². The molecule has 100 valence electrons. The van der Waals surface area contributed by atoms with Crippen molar-refractivity contribution in [3.05, 3.63) is 68.5 Å². The van der Waals surface area contributed by atoms with Gasteiger partial charge in [-0.3, -0.25) is 9.78 Å². The zero-order valence-electron chi connectivity index (χ0n) is 11.4. The smallest absolute Gasteiger partial charge is 0.189 e. The van der Waals surface area contributed by atoms with Crippen LogP contribution < -0.4 is 0 Å². The van der Waals surface area contributed by atoms with Crippen molar-refractivity contribution < 1.29 is 4.79 Å². The van der Waals surface area contributed by atoms with Gasteiger partial charge in [-0.15, -0.1) is 0 Å². The quantitative estimate of drug-likeness (QED) is 0.731. The first-order valence-electron chi connectivity index (χ1n) is 6.51. The highest BCUT2D eigenvalue weighted by Gasteiger charge is 2.25. The lowest BCUT2D eigenvalue weighted by Crippen LogP contribution is -1.96. The van der Waals surface area contributed by atoms with E-state index >= 15 is 0 Å². The minimum absolute atomic E-state index is 0.145. The summed E-state index contributed by atoms with van der Waals surface area (Å²) < 4.78 is 0.906. The summed E-state index contributed by atoms with van der Waals surface area (Å²) >= 11 is 3.46. The fraction of sp³-hybridized carbons (Fsp3) is 0.176. The van der Waals surface area contributed by atoms with Gasteiger partial charge in [-0.2, -0.15) is 0 Å². The number of hydrogen-bond acceptors (Lipinski definition) is 2. The highest BCUT2D eigenvalue weighted by atomic mass is 79.9. The molecule has 0 unspecified atom stereocenters. The number of aromatic nitrogens is 1. The first-order valence-corrected chi connectivity index (χ1v) is 7.30. The average Bonchev–Trinajstić information content (AvgIpc) is 2.70. The Labute approximate surface area is 126 Å². The summed E-state index contributed by atoms with van der Waals surface area (Å²) in [6.07, 6.45) is 6.15. The molecule has 0 N–H and O–H groups in total. The Bertz CT molecular complexity index is 747. The average molecular weight is 328 g/mol. The van der Waals surface area contributed by atoms with Gasteiger partial charge < -0.3 is 0 Å². The molecule has 0 radical (unpaired) electrons. The fourth-order valence-corrected chi connectivity index (χ4v) is 2.86. The molecule has 1 aliphatic rings. The van der Waals surface area contributed by atoms with Crippen LogP contribution in [0.4, 0.5) is 0 Å². The van der Waals surface area contributed by atoms with Crippen LogP contribution >= 0.6 is 15.9 Å². The topological polar surface area (TPSA) is 30.0 Å². The summed E-state index contributed by atoms with van der Waals surface area (Å²) in [5.74, 6) is 0.145. The predicted molar refractivity (Wildman–Crippen MR) is 83.9 cm³/mol. The number of Topliss-reactive ketones (excluding diaryl/α,β-unsaturated/α-hetero) is 1. The van der Waals surface area contributed by atoms with Crippen molar-refractivity contribution in [2.45, 2.75) is 20.3 Å². The van der Waals surface area contributed by atoms with E-state index in [2.05, 4.69) is 33.9 Å². The van der Waals surface area contributed by atoms with Gasteiger partial charge >= 0.3 is 0 Å². The number of carbonyl (C=O) groups is 1. The van der Waals surface area contributed by atoms with Crippen molar-refractivity contribution in [2.24, 2.45) is 0 Å². The lowest BCUT2D eigenvalue weighted by Gasteiger charge is -2.02.